The summed E-state index contributed by atoms with van der Waals surface area (Å²) in [5.74, 6) is -0.895. The number of carbonyl (C=O) groups excluding carboxylic acids is 2. The quantitative estimate of drug-likeness (QED) is 0.894. The minimum absolute atomic E-state index is 0.0447. The van der Waals surface area contributed by atoms with Gasteiger partial charge in [-0.25, -0.2) is 0 Å². The first-order chi connectivity index (χ1) is 11.9. The molecule has 0 aliphatic carbocycles. The highest BCUT2D eigenvalue weighted by Gasteiger charge is 2.43. The van der Waals surface area contributed by atoms with Gasteiger partial charge in [-0.15, -0.1) is 0 Å². The Morgan fingerprint density at radius 3 is 2.16 bits per heavy atom. The molecule has 0 saturated heterocycles. The summed E-state index contributed by atoms with van der Waals surface area (Å²) >= 11 is 0. The largest absolute Gasteiger partial charge is 0.508 e. The summed E-state index contributed by atoms with van der Waals surface area (Å²) in [5.41, 5.74) is 1.17. The molecule has 25 heavy (non-hydrogen) atoms. The Bertz CT molecular complexity index is 852. The molecular weight excluding hydrogens is 322 g/mol. The summed E-state index contributed by atoms with van der Waals surface area (Å²) in [6.45, 7) is 1.32. The molecule has 1 aliphatic heterocycles. The van der Waals surface area contributed by atoms with E-state index in [-0.39, 0.29) is 17.1 Å². The summed E-state index contributed by atoms with van der Waals surface area (Å²) < 4.78 is 5.14. The second-order valence-electron chi connectivity index (χ2n) is 5.69. The number of hydrogen-bond acceptors (Lipinski definition) is 5. The fraction of sp³-hybridized carbons (Fsp3) is 0.158. The summed E-state index contributed by atoms with van der Waals surface area (Å²) in [7, 11) is 1.55. The molecular formula is C19H17NO5. The van der Waals surface area contributed by atoms with Gasteiger partial charge in [-0.3, -0.25) is 14.5 Å². The van der Waals surface area contributed by atoms with Crippen LogP contribution in [0.4, 0.5) is 5.69 Å². The van der Waals surface area contributed by atoms with Crippen molar-refractivity contribution in [3.05, 3.63) is 65.4 Å². The number of aliphatic hydroxyl groups excluding tert-OH is 1. The summed E-state index contributed by atoms with van der Waals surface area (Å²) in [6, 6.07) is 12.2. The van der Waals surface area contributed by atoms with Gasteiger partial charge in [0.2, 0.25) is 0 Å². The molecule has 0 radical (unpaired) electrons. The van der Waals surface area contributed by atoms with E-state index in [1.165, 1.54) is 24.0 Å². The first kappa shape index (κ1) is 16.6. The van der Waals surface area contributed by atoms with Crippen molar-refractivity contribution in [2.24, 2.45) is 0 Å². The van der Waals surface area contributed by atoms with Gasteiger partial charge in [0.1, 0.15) is 11.5 Å². The molecule has 3 rings (SSSR count). The van der Waals surface area contributed by atoms with Crippen molar-refractivity contribution in [1.29, 1.82) is 0 Å². The topological polar surface area (TPSA) is 87.1 Å². The number of phenols is 1. The SMILES string of the molecule is COc1ccc(C2C(C(C)=O)=C(O)C(=O)N2c2ccc(O)cc2)cc1. The average molecular weight is 339 g/mol. The maximum absolute atomic E-state index is 12.6. The van der Waals surface area contributed by atoms with Crippen molar-refractivity contribution in [1.82, 2.24) is 0 Å². The number of methoxy groups -OCH3 is 1. The zero-order chi connectivity index (χ0) is 18.1. The molecule has 6 heteroatoms. The zero-order valence-corrected chi connectivity index (χ0v) is 13.8. The van der Waals surface area contributed by atoms with E-state index in [1.54, 1.807) is 43.5 Å². The number of hydrogen-bond donors (Lipinski definition) is 2. The Morgan fingerprint density at radius 2 is 1.64 bits per heavy atom. The molecule has 0 bridgehead atoms. The van der Waals surface area contributed by atoms with Crippen LogP contribution < -0.4 is 9.64 Å². The van der Waals surface area contributed by atoms with E-state index in [0.717, 1.165) is 0 Å². The van der Waals surface area contributed by atoms with E-state index in [1.807, 2.05) is 0 Å². The lowest BCUT2D eigenvalue weighted by Gasteiger charge is -2.26. The summed E-state index contributed by atoms with van der Waals surface area (Å²) in [6.07, 6.45) is 0. The lowest BCUT2D eigenvalue weighted by molar-refractivity contribution is -0.117. The molecule has 2 N–H and O–H groups in total. The molecule has 1 atom stereocenters. The second-order valence-corrected chi connectivity index (χ2v) is 5.69. The number of rotatable bonds is 4. The molecule has 0 spiro atoms. The van der Waals surface area contributed by atoms with Crippen molar-refractivity contribution in [3.63, 3.8) is 0 Å². The Hall–Kier alpha value is -3.28. The van der Waals surface area contributed by atoms with Gasteiger partial charge in [0.25, 0.3) is 5.91 Å². The number of benzene rings is 2. The highest BCUT2D eigenvalue weighted by Crippen LogP contribution is 2.41. The maximum atomic E-state index is 12.6. The van der Waals surface area contributed by atoms with Crippen LogP contribution in [0.2, 0.25) is 0 Å². The standard InChI is InChI=1S/C19H17NO5/c1-11(21)16-17(12-3-9-15(25-2)10-4-12)20(19(24)18(16)23)13-5-7-14(22)8-6-13/h3-10,17,22-23H,1-2H3. The predicted octanol–water partition coefficient (Wildman–Crippen LogP) is 2.89. The maximum Gasteiger partial charge on any atom is 0.294 e. The molecule has 2 aromatic carbocycles. The number of aromatic hydroxyl groups is 1. The normalized spacial score (nSPS) is 17.1. The fourth-order valence-electron chi connectivity index (χ4n) is 2.95. The van der Waals surface area contributed by atoms with Gasteiger partial charge in [0.05, 0.1) is 18.7 Å². The molecule has 6 nitrogen and oxygen atoms in total. The average Bonchev–Trinajstić information content (AvgIpc) is 2.87. The Kier molecular flexibility index (Phi) is 4.19. The highest BCUT2D eigenvalue weighted by atomic mass is 16.5. The highest BCUT2D eigenvalue weighted by molar-refractivity contribution is 6.16. The lowest BCUT2D eigenvalue weighted by atomic mass is 9.96. The van der Waals surface area contributed by atoms with Gasteiger partial charge in [-0.1, -0.05) is 12.1 Å². The number of carbonyl (C=O) groups is 2. The van der Waals surface area contributed by atoms with Crippen LogP contribution in [-0.2, 0) is 9.59 Å². The molecule has 1 amide bonds. The minimum Gasteiger partial charge on any atom is -0.508 e. The minimum atomic E-state index is -0.750. The van der Waals surface area contributed by atoms with Crippen LogP contribution >= 0.6 is 0 Å². The molecule has 1 unspecified atom stereocenters. The summed E-state index contributed by atoms with van der Waals surface area (Å²) in [5, 5.41) is 19.7. The Morgan fingerprint density at radius 1 is 1.04 bits per heavy atom. The van der Waals surface area contributed by atoms with Gasteiger partial charge in [0, 0.05) is 5.69 Å². The van der Waals surface area contributed by atoms with Crippen molar-refractivity contribution in [2.45, 2.75) is 13.0 Å². The first-order valence-corrected chi connectivity index (χ1v) is 7.64. The van der Waals surface area contributed by atoms with Crippen LogP contribution in [0.15, 0.2) is 59.9 Å². The van der Waals surface area contributed by atoms with E-state index < -0.39 is 17.7 Å². The zero-order valence-electron chi connectivity index (χ0n) is 13.8. The van der Waals surface area contributed by atoms with Crippen LogP contribution in [0.5, 0.6) is 11.5 Å². The number of aliphatic hydroxyl groups is 1. The molecule has 0 aromatic heterocycles. The monoisotopic (exact) mass is 339 g/mol. The molecule has 1 aliphatic rings. The van der Waals surface area contributed by atoms with E-state index in [9.17, 15) is 19.8 Å². The first-order valence-electron chi connectivity index (χ1n) is 7.64. The molecule has 2 aromatic rings. The van der Waals surface area contributed by atoms with Crippen LogP contribution in [-0.4, -0.2) is 29.0 Å². The number of anilines is 1. The number of nitrogens with zero attached hydrogens (tertiary/aromatic N) is 1. The van der Waals surface area contributed by atoms with E-state index in [4.69, 9.17) is 4.74 Å². The third-order valence-corrected chi connectivity index (χ3v) is 4.15. The molecule has 128 valence electrons. The third-order valence-electron chi connectivity index (χ3n) is 4.15. The Balaban J connectivity index is 2.13. The Labute approximate surface area is 144 Å². The van der Waals surface area contributed by atoms with Crippen LogP contribution in [0.25, 0.3) is 0 Å². The second kappa shape index (κ2) is 6.32. The van der Waals surface area contributed by atoms with Crippen LogP contribution in [0.3, 0.4) is 0 Å². The molecule has 0 saturated carbocycles. The number of ether oxygens (including phenoxy) is 1. The van der Waals surface area contributed by atoms with Crippen molar-refractivity contribution >= 4 is 17.4 Å². The fourth-order valence-corrected chi connectivity index (χ4v) is 2.95. The van der Waals surface area contributed by atoms with E-state index in [0.29, 0.717) is 17.0 Å². The van der Waals surface area contributed by atoms with Crippen molar-refractivity contribution in [3.8, 4) is 11.5 Å². The number of phenolic OH excluding ortho intramolecular Hbond substituents is 1. The predicted molar refractivity (Wildman–Crippen MR) is 91.7 cm³/mol. The van der Waals surface area contributed by atoms with Gasteiger partial charge in [0.15, 0.2) is 11.5 Å². The van der Waals surface area contributed by atoms with E-state index in [2.05, 4.69) is 0 Å². The molecule has 0 fully saturated rings. The number of Topliss-reactive ketones (excluding diaryl/α,β-unsaturated/α-hetero) is 1. The van der Waals surface area contributed by atoms with Crippen molar-refractivity contribution in [2.75, 3.05) is 12.0 Å². The molecule has 1 heterocycles. The summed E-state index contributed by atoms with van der Waals surface area (Å²) in [4.78, 5) is 26.0. The smallest absolute Gasteiger partial charge is 0.294 e. The van der Waals surface area contributed by atoms with Crippen LogP contribution in [0, 0.1) is 0 Å². The third kappa shape index (κ3) is 2.82. The van der Waals surface area contributed by atoms with E-state index >= 15 is 0 Å². The van der Waals surface area contributed by atoms with Gasteiger partial charge >= 0.3 is 0 Å². The van der Waals surface area contributed by atoms with Crippen molar-refractivity contribution < 1.29 is 24.5 Å². The number of amides is 1. The van der Waals surface area contributed by atoms with Crippen LogP contribution in [0.1, 0.15) is 18.5 Å². The van der Waals surface area contributed by atoms with Gasteiger partial charge < -0.3 is 14.9 Å². The number of ketones is 1. The lowest BCUT2D eigenvalue weighted by Crippen LogP contribution is -2.30. The van der Waals surface area contributed by atoms with Gasteiger partial charge in [-0.2, -0.15) is 0 Å². The van der Waals surface area contributed by atoms with Gasteiger partial charge in [-0.05, 0) is 48.9 Å².